The molecule has 21 heavy (non-hydrogen) atoms. The molecule has 0 saturated carbocycles. The van der Waals surface area contributed by atoms with E-state index in [0.717, 1.165) is 17.7 Å². The highest BCUT2D eigenvalue weighted by atomic mass is 35.5. The van der Waals surface area contributed by atoms with Crippen LogP contribution < -0.4 is 0 Å². The second-order valence-corrected chi connectivity index (χ2v) is 5.54. The van der Waals surface area contributed by atoms with Gasteiger partial charge < -0.3 is 0 Å². The zero-order valence-corrected chi connectivity index (χ0v) is 11.9. The van der Waals surface area contributed by atoms with Crippen LogP contribution in [0.25, 0.3) is 5.69 Å². The van der Waals surface area contributed by atoms with Gasteiger partial charge in [-0.15, -0.1) is 0 Å². The summed E-state index contributed by atoms with van der Waals surface area (Å²) in [7, 11) is 0. The Morgan fingerprint density at radius 3 is 2.29 bits per heavy atom. The largest absolute Gasteiger partial charge is 0.416 e. The van der Waals surface area contributed by atoms with Gasteiger partial charge in [-0.2, -0.15) is 18.3 Å². The van der Waals surface area contributed by atoms with Gasteiger partial charge in [0.15, 0.2) is 0 Å². The highest BCUT2D eigenvalue weighted by molar-refractivity contribution is 6.37. The van der Waals surface area contributed by atoms with Gasteiger partial charge in [-0.05, 0) is 12.1 Å². The van der Waals surface area contributed by atoms with Crippen LogP contribution in [0.3, 0.4) is 0 Å². The number of nitrogens with zero attached hydrogens (tertiary/aromatic N) is 2. The van der Waals surface area contributed by atoms with E-state index in [2.05, 4.69) is 5.10 Å². The lowest BCUT2D eigenvalue weighted by molar-refractivity contribution is -0.137. The van der Waals surface area contributed by atoms with Gasteiger partial charge >= 0.3 is 6.18 Å². The molecule has 0 amide bonds. The van der Waals surface area contributed by atoms with E-state index >= 15 is 0 Å². The van der Waals surface area contributed by atoms with Crippen LogP contribution in [0.5, 0.6) is 0 Å². The van der Waals surface area contributed by atoms with E-state index < -0.39 is 11.7 Å². The van der Waals surface area contributed by atoms with Crippen molar-refractivity contribution in [3.8, 4) is 5.69 Å². The molecule has 1 aliphatic rings. The second kappa shape index (κ2) is 4.74. The summed E-state index contributed by atoms with van der Waals surface area (Å²) in [5, 5.41) is 3.87. The molecule has 110 valence electrons. The Morgan fingerprint density at radius 2 is 1.76 bits per heavy atom. The summed E-state index contributed by atoms with van der Waals surface area (Å²) in [6.45, 7) is 0. The van der Waals surface area contributed by atoms with Crippen molar-refractivity contribution < 1.29 is 18.0 Å². The molecule has 0 bridgehead atoms. The van der Waals surface area contributed by atoms with Crippen molar-refractivity contribution in [1.82, 2.24) is 9.78 Å². The lowest BCUT2D eigenvalue weighted by Gasteiger charge is -2.12. The molecular formula is C13H7Cl2F3N2O. The maximum Gasteiger partial charge on any atom is 0.416 e. The SMILES string of the molecule is O=C1Cc2cn(-c3c(Cl)cc(C(F)(F)F)cc3Cl)nc2C1. The van der Waals surface area contributed by atoms with Crippen LogP contribution in [0.2, 0.25) is 10.0 Å². The lowest BCUT2D eigenvalue weighted by atomic mass is 10.2. The molecule has 0 fully saturated rings. The van der Waals surface area contributed by atoms with E-state index in [1.165, 1.54) is 4.68 Å². The topological polar surface area (TPSA) is 34.9 Å². The van der Waals surface area contributed by atoms with Gasteiger partial charge in [0.25, 0.3) is 0 Å². The van der Waals surface area contributed by atoms with E-state index in [4.69, 9.17) is 23.2 Å². The van der Waals surface area contributed by atoms with Crippen LogP contribution in [0.15, 0.2) is 18.3 Å². The number of hydrogen-bond acceptors (Lipinski definition) is 2. The summed E-state index contributed by atoms with van der Waals surface area (Å²) in [6.07, 6.45) is -2.46. The average molecular weight is 335 g/mol. The number of Topliss-reactive ketones (excluding diaryl/α,β-unsaturated/α-hetero) is 1. The molecular weight excluding hydrogens is 328 g/mol. The smallest absolute Gasteiger partial charge is 0.299 e. The van der Waals surface area contributed by atoms with Crippen LogP contribution in [0, 0.1) is 0 Å². The molecule has 2 aromatic rings. The first-order valence-corrected chi connectivity index (χ1v) is 6.67. The first kappa shape index (κ1) is 14.4. The summed E-state index contributed by atoms with van der Waals surface area (Å²) in [5.74, 6) is 0.0595. The van der Waals surface area contributed by atoms with E-state index in [9.17, 15) is 18.0 Å². The molecule has 1 aromatic carbocycles. The van der Waals surface area contributed by atoms with E-state index in [-0.39, 0.29) is 34.4 Å². The number of benzene rings is 1. The number of aromatic nitrogens is 2. The molecule has 8 heteroatoms. The molecule has 1 heterocycles. The monoisotopic (exact) mass is 334 g/mol. The van der Waals surface area contributed by atoms with E-state index in [0.29, 0.717) is 5.69 Å². The van der Waals surface area contributed by atoms with Gasteiger partial charge in [-0.3, -0.25) is 4.79 Å². The molecule has 1 aliphatic carbocycles. The van der Waals surface area contributed by atoms with Crippen molar-refractivity contribution in [2.45, 2.75) is 19.0 Å². The highest BCUT2D eigenvalue weighted by Crippen LogP contribution is 2.37. The maximum absolute atomic E-state index is 12.7. The number of fused-ring (bicyclic) bond motifs is 1. The average Bonchev–Trinajstić information content (AvgIpc) is 2.83. The van der Waals surface area contributed by atoms with Crippen molar-refractivity contribution in [1.29, 1.82) is 0 Å². The van der Waals surface area contributed by atoms with Crippen LogP contribution in [-0.2, 0) is 23.8 Å². The third-order valence-electron chi connectivity index (χ3n) is 3.20. The predicted octanol–water partition coefficient (Wildman–Crippen LogP) is 3.87. The van der Waals surface area contributed by atoms with Crippen LogP contribution in [-0.4, -0.2) is 15.6 Å². The highest BCUT2D eigenvalue weighted by Gasteiger charge is 2.32. The molecule has 0 atom stereocenters. The minimum Gasteiger partial charge on any atom is -0.299 e. The molecule has 1 aromatic heterocycles. The van der Waals surface area contributed by atoms with Crippen LogP contribution in [0.4, 0.5) is 13.2 Å². The predicted molar refractivity (Wildman–Crippen MR) is 71.0 cm³/mol. The van der Waals surface area contributed by atoms with Crippen molar-refractivity contribution in [3.63, 3.8) is 0 Å². The van der Waals surface area contributed by atoms with Crippen LogP contribution in [0.1, 0.15) is 16.8 Å². The summed E-state index contributed by atoms with van der Waals surface area (Å²) in [4.78, 5) is 11.3. The molecule has 0 N–H and O–H groups in total. The molecule has 0 unspecified atom stereocenters. The summed E-state index contributed by atoms with van der Waals surface area (Å²) in [5.41, 5.74) is 0.600. The molecule has 0 spiro atoms. The van der Waals surface area contributed by atoms with Crippen molar-refractivity contribution >= 4 is 29.0 Å². The van der Waals surface area contributed by atoms with E-state index in [1.807, 2.05) is 0 Å². The quantitative estimate of drug-likeness (QED) is 0.793. The number of halogens is 5. The molecule has 0 radical (unpaired) electrons. The van der Waals surface area contributed by atoms with Crippen molar-refractivity contribution in [3.05, 3.63) is 45.2 Å². The van der Waals surface area contributed by atoms with Crippen molar-refractivity contribution in [2.24, 2.45) is 0 Å². The number of alkyl halides is 3. The first-order chi connectivity index (χ1) is 9.75. The van der Waals surface area contributed by atoms with Gasteiger partial charge in [0, 0.05) is 18.2 Å². The fraction of sp³-hybridized carbons (Fsp3) is 0.231. The third kappa shape index (κ3) is 2.53. The van der Waals surface area contributed by atoms with Gasteiger partial charge in [0.1, 0.15) is 11.5 Å². The summed E-state index contributed by atoms with van der Waals surface area (Å²) >= 11 is 11.8. The maximum atomic E-state index is 12.7. The fourth-order valence-electron chi connectivity index (χ4n) is 2.27. The number of ketones is 1. The Balaban J connectivity index is 2.08. The number of carbonyl (C=O) groups excluding carboxylic acids is 1. The Morgan fingerprint density at radius 1 is 1.14 bits per heavy atom. The number of hydrogen-bond donors (Lipinski definition) is 0. The zero-order valence-electron chi connectivity index (χ0n) is 10.3. The fourth-order valence-corrected chi connectivity index (χ4v) is 2.93. The first-order valence-electron chi connectivity index (χ1n) is 5.91. The van der Waals surface area contributed by atoms with Crippen molar-refractivity contribution in [2.75, 3.05) is 0 Å². The summed E-state index contributed by atoms with van der Waals surface area (Å²) in [6, 6.07) is 1.61. The Bertz CT molecular complexity index is 704. The Hall–Kier alpha value is -1.53. The van der Waals surface area contributed by atoms with Gasteiger partial charge in [-0.25, -0.2) is 4.68 Å². The molecule has 0 aliphatic heterocycles. The third-order valence-corrected chi connectivity index (χ3v) is 3.78. The minimum absolute atomic E-state index is 0.0595. The lowest BCUT2D eigenvalue weighted by Crippen LogP contribution is -2.07. The standard InChI is InChI=1S/C13H7Cl2F3N2O/c14-9-2-7(13(16,17)18)3-10(15)12(9)20-5-6-1-8(21)4-11(6)19-20/h2-3,5H,1,4H2. The zero-order chi connectivity index (χ0) is 15.4. The minimum atomic E-state index is -4.52. The van der Waals surface area contributed by atoms with Crippen LogP contribution >= 0.6 is 23.2 Å². The van der Waals surface area contributed by atoms with Gasteiger partial charge in [0.05, 0.1) is 27.7 Å². The normalized spacial score (nSPS) is 14.6. The van der Waals surface area contributed by atoms with E-state index in [1.54, 1.807) is 6.20 Å². The van der Waals surface area contributed by atoms with Gasteiger partial charge in [0.2, 0.25) is 0 Å². The van der Waals surface area contributed by atoms with Gasteiger partial charge in [-0.1, -0.05) is 23.2 Å². The molecule has 0 saturated heterocycles. The number of carbonyl (C=O) groups is 1. The second-order valence-electron chi connectivity index (χ2n) is 4.72. The number of rotatable bonds is 1. The summed E-state index contributed by atoms with van der Waals surface area (Å²) < 4.78 is 39.4. The molecule has 3 rings (SSSR count). The Labute approximate surface area is 127 Å². The Kier molecular flexibility index (Phi) is 3.26. The molecule has 3 nitrogen and oxygen atoms in total.